The molecule has 0 atom stereocenters. The number of hydrogen-bond donors (Lipinski definition) is 2. The molecular weight excluding hydrogens is 368 g/mol. The molecule has 4 nitrogen and oxygen atoms in total. The number of carbonyl (C=O) groups excluding carboxylic acids is 2. The molecule has 1 aliphatic carbocycles. The molecule has 5 rings (SSSR count). The topological polar surface area (TPSA) is 58.2 Å². The van der Waals surface area contributed by atoms with E-state index in [1.54, 1.807) is 0 Å². The summed E-state index contributed by atoms with van der Waals surface area (Å²) in [6, 6.07) is 12.5. The lowest BCUT2D eigenvalue weighted by Crippen LogP contribution is -2.39. The van der Waals surface area contributed by atoms with Gasteiger partial charge in [-0.25, -0.2) is 0 Å². The minimum absolute atomic E-state index is 0.00135. The van der Waals surface area contributed by atoms with Crippen molar-refractivity contribution in [3.63, 3.8) is 0 Å². The van der Waals surface area contributed by atoms with E-state index in [1.807, 2.05) is 18.2 Å². The van der Waals surface area contributed by atoms with Crippen molar-refractivity contribution >= 4 is 29.3 Å². The second-order valence-corrected chi connectivity index (χ2v) is 9.59. The van der Waals surface area contributed by atoms with Gasteiger partial charge in [-0.1, -0.05) is 18.2 Å². The summed E-state index contributed by atoms with van der Waals surface area (Å²) < 4.78 is 0. The summed E-state index contributed by atoms with van der Waals surface area (Å²) in [7, 11) is 0. The van der Waals surface area contributed by atoms with Crippen molar-refractivity contribution in [1.82, 2.24) is 5.32 Å². The Labute approximate surface area is 169 Å². The van der Waals surface area contributed by atoms with Gasteiger partial charge in [-0.15, -0.1) is 0 Å². The van der Waals surface area contributed by atoms with Gasteiger partial charge in [0.25, 0.3) is 5.91 Å². The minimum Gasteiger partial charge on any atom is -0.349 e. The third-order valence-electron chi connectivity index (χ3n) is 6.33. The van der Waals surface area contributed by atoms with Crippen LogP contribution in [0, 0.1) is 6.92 Å². The summed E-state index contributed by atoms with van der Waals surface area (Å²) in [6.07, 6.45) is 4.03. The molecule has 2 aromatic carbocycles. The zero-order valence-electron chi connectivity index (χ0n) is 16.0. The average Bonchev–Trinajstić information content (AvgIpc) is 3.48. The van der Waals surface area contributed by atoms with Crippen molar-refractivity contribution in [3.8, 4) is 11.1 Å². The predicted molar refractivity (Wildman–Crippen MR) is 115 cm³/mol. The van der Waals surface area contributed by atoms with Crippen molar-refractivity contribution in [2.75, 3.05) is 16.8 Å². The zero-order chi connectivity index (χ0) is 19.3. The van der Waals surface area contributed by atoms with Crippen molar-refractivity contribution < 1.29 is 9.59 Å². The normalized spacial score (nSPS) is 20.0. The van der Waals surface area contributed by atoms with Crippen molar-refractivity contribution in [2.45, 2.75) is 44.1 Å². The highest BCUT2D eigenvalue weighted by molar-refractivity contribution is 7.78. The Hall–Kier alpha value is -2.27. The van der Waals surface area contributed by atoms with Crippen molar-refractivity contribution in [2.24, 2.45) is 0 Å². The Balaban J connectivity index is 1.50. The molecule has 2 heterocycles. The summed E-state index contributed by atoms with van der Waals surface area (Å²) in [4.78, 5) is 25.3. The molecule has 3 aliphatic rings. The van der Waals surface area contributed by atoms with E-state index in [1.165, 1.54) is 11.8 Å². The van der Waals surface area contributed by atoms with Crippen LogP contribution in [0.1, 0.15) is 47.2 Å². The number of fused-ring (bicyclic) bond motifs is 2. The van der Waals surface area contributed by atoms with E-state index in [4.69, 9.17) is 0 Å². The second-order valence-electron chi connectivity index (χ2n) is 8.24. The van der Waals surface area contributed by atoms with E-state index in [2.05, 4.69) is 35.8 Å². The Bertz CT molecular complexity index is 975. The number of thiol groups is 1. The van der Waals surface area contributed by atoms with Crippen LogP contribution >= 0.6 is 0 Å². The van der Waals surface area contributed by atoms with E-state index in [9.17, 15) is 9.59 Å². The third-order valence-corrected chi connectivity index (χ3v) is 7.41. The Kier molecular flexibility index (Phi) is 4.23. The molecule has 0 radical (unpaired) electrons. The fourth-order valence-electron chi connectivity index (χ4n) is 4.44. The standard InChI is InChI=1S/C23H24N2O2S/c1-14-2-3-16(21(26)24-17-5-6-17)12-18(14)15-4-7-19-20(13-15)25-22(27)23(19)8-10-28-11-9-23/h2-4,7,12-13,17H,5-6,8-11H2,1H3,(H,24,26)(H,25,27)/p+1. The second kappa shape index (κ2) is 6.66. The minimum atomic E-state index is -0.333. The Morgan fingerprint density at radius 3 is 2.68 bits per heavy atom. The summed E-state index contributed by atoms with van der Waals surface area (Å²) in [6.45, 7) is 2.06. The first kappa shape index (κ1) is 17.8. The molecule has 5 heteroatoms. The Morgan fingerprint density at radius 2 is 1.93 bits per heavy atom. The molecule has 2 N–H and O–H groups in total. The van der Waals surface area contributed by atoms with E-state index in [0.717, 1.165) is 65.1 Å². The highest BCUT2D eigenvalue weighted by Gasteiger charge is 2.49. The number of aryl methyl sites for hydroxylation is 1. The highest BCUT2D eigenvalue weighted by Crippen LogP contribution is 2.46. The zero-order valence-corrected chi connectivity index (χ0v) is 16.9. The maximum Gasteiger partial charge on any atom is 0.251 e. The van der Waals surface area contributed by atoms with Crippen LogP contribution in [0.2, 0.25) is 0 Å². The smallest absolute Gasteiger partial charge is 0.251 e. The number of nitrogens with one attached hydrogen (secondary N) is 2. The van der Waals surface area contributed by atoms with Gasteiger partial charge < -0.3 is 10.6 Å². The van der Waals surface area contributed by atoms with Crippen molar-refractivity contribution in [3.05, 3.63) is 53.1 Å². The molecule has 1 saturated heterocycles. The molecule has 0 unspecified atom stereocenters. The fraction of sp³-hybridized carbons (Fsp3) is 0.391. The van der Waals surface area contributed by atoms with Crippen LogP contribution < -0.4 is 10.6 Å². The predicted octanol–water partition coefficient (Wildman–Crippen LogP) is 3.35. The lowest BCUT2D eigenvalue weighted by atomic mass is 9.76. The van der Waals surface area contributed by atoms with Crippen LogP contribution in [-0.4, -0.2) is 29.4 Å². The van der Waals surface area contributed by atoms with Gasteiger partial charge in [0, 0.05) is 30.1 Å². The van der Waals surface area contributed by atoms with Gasteiger partial charge in [0.05, 0.1) is 5.41 Å². The summed E-state index contributed by atoms with van der Waals surface area (Å²) >= 11 is 1.46. The lowest BCUT2D eigenvalue weighted by molar-refractivity contribution is -0.121. The van der Waals surface area contributed by atoms with E-state index in [-0.39, 0.29) is 17.2 Å². The van der Waals surface area contributed by atoms with Crippen molar-refractivity contribution in [1.29, 1.82) is 0 Å². The van der Waals surface area contributed by atoms with Crippen LogP contribution in [0.5, 0.6) is 0 Å². The van der Waals surface area contributed by atoms with Crippen LogP contribution in [0.15, 0.2) is 36.4 Å². The van der Waals surface area contributed by atoms with Crippen LogP contribution in [-0.2, 0) is 22.0 Å². The first-order valence-corrected chi connectivity index (χ1v) is 11.3. The Morgan fingerprint density at radius 1 is 1.14 bits per heavy atom. The third kappa shape index (κ3) is 2.93. The van der Waals surface area contributed by atoms with Gasteiger partial charge in [0.1, 0.15) is 11.5 Å². The molecule has 0 bridgehead atoms. The first-order chi connectivity index (χ1) is 13.6. The lowest BCUT2D eigenvalue weighted by Gasteiger charge is -2.28. The van der Waals surface area contributed by atoms with Gasteiger partial charge in [-0.05, 0) is 72.0 Å². The van der Waals surface area contributed by atoms with E-state index in [0.29, 0.717) is 11.6 Å². The molecule has 1 saturated carbocycles. The number of anilines is 1. The van der Waals surface area contributed by atoms with Gasteiger partial charge >= 0.3 is 0 Å². The quantitative estimate of drug-likeness (QED) is 0.621. The maximum absolute atomic E-state index is 12.8. The average molecular weight is 394 g/mol. The highest BCUT2D eigenvalue weighted by atomic mass is 32.2. The SMILES string of the molecule is Cc1ccc(C(=O)NC2CC2)cc1-c1ccc2c(c1)NC(=O)C21CC[SH+]CC1. The molecule has 2 aliphatic heterocycles. The molecule has 0 aromatic heterocycles. The van der Waals surface area contributed by atoms with Gasteiger partial charge in [0.2, 0.25) is 5.91 Å². The first-order valence-electron chi connectivity index (χ1n) is 10.1. The van der Waals surface area contributed by atoms with E-state index < -0.39 is 0 Å². The summed E-state index contributed by atoms with van der Waals surface area (Å²) in [5.74, 6) is 2.33. The fourth-order valence-corrected chi connectivity index (χ4v) is 5.74. The van der Waals surface area contributed by atoms with Gasteiger partial charge in [-0.2, -0.15) is 0 Å². The molecule has 2 aromatic rings. The number of carbonyl (C=O) groups is 2. The summed E-state index contributed by atoms with van der Waals surface area (Å²) in [5, 5.41) is 6.20. The molecule has 2 fully saturated rings. The monoisotopic (exact) mass is 393 g/mol. The molecular formula is C23H25N2O2S+. The number of rotatable bonds is 3. The number of amides is 2. The van der Waals surface area contributed by atoms with Crippen LogP contribution in [0.25, 0.3) is 11.1 Å². The van der Waals surface area contributed by atoms with Crippen LogP contribution in [0.3, 0.4) is 0 Å². The molecule has 144 valence electrons. The molecule has 1 spiro atoms. The number of benzene rings is 2. The largest absolute Gasteiger partial charge is 0.349 e. The molecule has 2 amide bonds. The molecule has 28 heavy (non-hydrogen) atoms. The van der Waals surface area contributed by atoms with Gasteiger partial charge in [-0.3, -0.25) is 9.59 Å². The summed E-state index contributed by atoms with van der Waals surface area (Å²) in [5.41, 5.74) is 5.66. The van der Waals surface area contributed by atoms with E-state index >= 15 is 0 Å². The van der Waals surface area contributed by atoms with Gasteiger partial charge in [0.15, 0.2) is 0 Å². The van der Waals surface area contributed by atoms with Crippen LogP contribution in [0.4, 0.5) is 5.69 Å². The maximum atomic E-state index is 12.8. The number of hydrogen-bond acceptors (Lipinski definition) is 2.